The number of anilines is 1. The van der Waals surface area contributed by atoms with Crippen molar-refractivity contribution in [2.75, 3.05) is 5.32 Å². The first-order chi connectivity index (χ1) is 14.0. The van der Waals surface area contributed by atoms with E-state index in [2.05, 4.69) is 43.4 Å². The maximum atomic E-state index is 12.4. The fraction of sp³-hybridized carbons (Fsp3) is 0.0526. The molecule has 1 aliphatic rings. The minimum Gasteiger partial charge on any atom is -0.485 e. The van der Waals surface area contributed by atoms with Crippen LogP contribution in [0.2, 0.25) is 5.02 Å². The monoisotopic (exact) mass is 538 g/mol. The van der Waals surface area contributed by atoms with Crippen LogP contribution in [0.15, 0.2) is 52.9 Å². The molecule has 7 nitrogen and oxygen atoms in total. The average molecular weight is 539 g/mol. The number of hydrogen-bond donors (Lipinski definition) is 2. The van der Waals surface area contributed by atoms with Gasteiger partial charge < -0.3 is 10.1 Å². The molecular weight excluding hydrogens is 527 g/mol. The zero-order valence-electron chi connectivity index (χ0n) is 14.6. The SMILES string of the molecule is O=C1Nc2ccc(I)cc2/C1=N/NC(=O)c1csc(COc2ccccc2Cl)n1. The molecule has 1 aliphatic heterocycles. The van der Waals surface area contributed by atoms with Crippen LogP contribution < -0.4 is 15.5 Å². The molecule has 0 saturated carbocycles. The molecule has 29 heavy (non-hydrogen) atoms. The van der Waals surface area contributed by atoms with Crippen LogP contribution in [0.3, 0.4) is 0 Å². The molecule has 2 heterocycles. The predicted molar refractivity (Wildman–Crippen MR) is 120 cm³/mol. The van der Waals surface area contributed by atoms with Crippen LogP contribution in [0.4, 0.5) is 5.69 Å². The maximum Gasteiger partial charge on any atom is 0.290 e. The Bertz CT molecular complexity index is 1150. The third-order valence-corrected chi connectivity index (χ3v) is 5.75. The molecule has 0 aliphatic carbocycles. The molecule has 3 aromatic rings. The fourth-order valence-corrected chi connectivity index (χ4v) is 3.95. The number of carbonyl (C=O) groups is 2. The minimum absolute atomic E-state index is 0.157. The molecule has 4 rings (SSSR count). The van der Waals surface area contributed by atoms with Gasteiger partial charge in [0.2, 0.25) is 0 Å². The number of carbonyl (C=O) groups excluding carboxylic acids is 2. The molecule has 10 heteroatoms. The quantitative estimate of drug-likeness (QED) is 0.378. The van der Waals surface area contributed by atoms with Crippen LogP contribution in [0, 0.1) is 3.57 Å². The van der Waals surface area contributed by atoms with E-state index in [1.165, 1.54) is 11.3 Å². The van der Waals surface area contributed by atoms with Crippen molar-refractivity contribution in [2.45, 2.75) is 6.61 Å². The van der Waals surface area contributed by atoms with E-state index in [1.54, 1.807) is 23.6 Å². The van der Waals surface area contributed by atoms with E-state index in [9.17, 15) is 9.59 Å². The van der Waals surface area contributed by atoms with Crippen LogP contribution in [-0.4, -0.2) is 22.5 Å². The molecular formula is C19H12ClIN4O3S. The minimum atomic E-state index is -0.510. The van der Waals surface area contributed by atoms with Crippen LogP contribution in [0.1, 0.15) is 21.1 Å². The van der Waals surface area contributed by atoms with Gasteiger partial charge in [0.25, 0.3) is 11.8 Å². The molecule has 0 atom stereocenters. The second-order valence-corrected chi connectivity index (χ2v) is 8.49. The first-order valence-electron chi connectivity index (χ1n) is 8.32. The summed E-state index contributed by atoms with van der Waals surface area (Å²) >= 11 is 9.48. The van der Waals surface area contributed by atoms with Crippen molar-refractivity contribution in [3.63, 3.8) is 0 Å². The zero-order valence-corrected chi connectivity index (χ0v) is 18.3. The number of halogens is 2. The van der Waals surface area contributed by atoms with Crippen LogP contribution in [0.5, 0.6) is 5.75 Å². The van der Waals surface area contributed by atoms with Crippen LogP contribution in [-0.2, 0) is 11.4 Å². The molecule has 146 valence electrons. The van der Waals surface area contributed by atoms with E-state index in [4.69, 9.17) is 16.3 Å². The van der Waals surface area contributed by atoms with Crippen LogP contribution >= 0.6 is 45.5 Å². The van der Waals surface area contributed by atoms with Gasteiger partial charge in [0.1, 0.15) is 23.1 Å². The van der Waals surface area contributed by atoms with E-state index in [0.717, 1.165) is 3.57 Å². The third-order valence-electron chi connectivity index (χ3n) is 3.94. The maximum absolute atomic E-state index is 12.4. The van der Waals surface area contributed by atoms with Crippen LogP contribution in [0.25, 0.3) is 0 Å². The van der Waals surface area contributed by atoms with Gasteiger partial charge in [-0.25, -0.2) is 10.4 Å². The number of hydrogen-bond acceptors (Lipinski definition) is 6. The van der Waals surface area contributed by atoms with Gasteiger partial charge in [0.15, 0.2) is 5.71 Å². The fourth-order valence-electron chi connectivity index (χ4n) is 2.58. The summed E-state index contributed by atoms with van der Waals surface area (Å²) in [6.45, 7) is 0.185. The number of rotatable bonds is 5. The highest BCUT2D eigenvalue weighted by atomic mass is 127. The summed E-state index contributed by atoms with van der Waals surface area (Å²) in [6, 6.07) is 12.6. The number of hydrazone groups is 1. The van der Waals surface area contributed by atoms with Gasteiger partial charge in [-0.2, -0.15) is 5.10 Å². The third kappa shape index (κ3) is 4.41. The first kappa shape index (κ1) is 19.8. The van der Waals surface area contributed by atoms with E-state index in [1.807, 2.05) is 24.3 Å². The second-order valence-electron chi connectivity index (χ2n) is 5.89. The van der Waals surface area contributed by atoms with Crippen molar-refractivity contribution in [1.82, 2.24) is 10.4 Å². The summed E-state index contributed by atoms with van der Waals surface area (Å²) in [6.07, 6.45) is 0. The number of benzene rings is 2. The Morgan fingerprint density at radius 2 is 2.14 bits per heavy atom. The molecule has 2 N–H and O–H groups in total. The Morgan fingerprint density at radius 3 is 2.97 bits per heavy atom. The summed E-state index contributed by atoms with van der Waals surface area (Å²) in [5, 5.41) is 9.43. The van der Waals surface area contributed by atoms with Crippen molar-refractivity contribution in [3.05, 3.63) is 72.7 Å². The number of ether oxygens (including phenoxy) is 1. The number of amides is 2. The second kappa shape index (κ2) is 8.47. The highest BCUT2D eigenvalue weighted by Crippen LogP contribution is 2.26. The highest BCUT2D eigenvalue weighted by Gasteiger charge is 2.26. The molecule has 0 spiro atoms. The van der Waals surface area contributed by atoms with Gasteiger partial charge in [0.05, 0.1) is 10.7 Å². The van der Waals surface area contributed by atoms with Gasteiger partial charge in [0, 0.05) is 14.5 Å². The van der Waals surface area contributed by atoms with E-state index in [0.29, 0.717) is 27.0 Å². The van der Waals surface area contributed by atoms with E-state index >= 15 is 0 Å². The molecule has 2 amide bonds. The zero-order chi connectivity index (χ0) is 20.4. The molecule has 1 aromatic heterocycles. The van der Waals surface area contributed by atoms with Gasteiger partial charge >= 0.3 is 0 Å². The normalized spacial score (nSPS) is 13.9. The summed E-state index contributed by atoms with van der Waals surface area (Å²) in [5.41, 5.74) is 4.06. The molecule has 0 unspecified atom stereocenters. The van der Waals surface area contributed by atoms with E-state index in [-0.39, 0.29) is 23.9 Å². The van der Waals surface area contributed by atoms with Gasteiger partial charge in [-0.3, -0.25) is 9.59 Å². The number of nitrogens with zero attached hydrogens (tertiary/aromatic N) is 2. The van der Waals surface area contributed by atoms with Gasteiger partial charge in [-0.15, -0.1) is 11.3 Å². The van der Waals surface area contributed by atoms with Gasteiger partial charge in [-0.1, -0.05) is 23.7 Å². The number of nitrogens with one attached hydrogen (secondary N) is 2. The standard InChI is InChI=1S/C19H12ClIN4O3S/c20-12-3-1-2-4-15(12)28-8-16-22-14(9-29-16)18(26)25-24-17-11-7-10(21)5-6-13(11)23-19(17)27/h1-7,9H,8H2,(H,25,26)(H,23,24,27). The summed E-state index contributed by atoms with van der Waals surface area (Å²) < 4.78 is 6.58. The Kier molecular flexibility index (Phi) is 5.79. The smallest absolute Gasteiger partial charge is 0.290 e. The summed E-state index contributed by atoms with van der Waals surface area (Å²) in [5.74, 6) is -0.332. The topological polar surface area (TPSA) is 92.7 Å². The molecule has 0 radical (unpaired) electrons. The number of thiazole rings is 1. The lowest BCUT2D eigenvalue weighted by Crippen LogP contribution is -2.23. The Hall–Kier alpha value is -2.50. The lowest BCUT2D eigenvalue weighted by Gasteiger charge is -2.05. The highest BCUT2D eigenvalue weighted by molar-refractivity contribution is 14.1. The summed E-state index contributed by atoms with van der Waals surface area (Å²) in [7, 11) is 0. The largest absolute Gasteiger partial charge is 0.485 e. The molecule has 0 fully saturated rings. The number of fused-ring (bicyclic) bond motifs is 1. The molecule has 0 bridgehead atoms. The van der Waals surface area contributed by atoms with Crippen molar-refractivity contribution in [1.29, 1.82) is 0 Å². The Morgan fingerprint density at radius 1 is 1.31 bits per heavy atom. The molecule has 0 saturated heterocycles. The Labute approximate surface area is 188 Å². The van der Waals surface area contributed by atoms with E-state index < -0.39 is 5.91 Å². The van der Waals surface area contributed by atoms with Gasteiger partial charge in [-0.05, 0) is 52.9 Å². The lowest BCUT2D eigenvalue weighted by atomic mass is 10.1. The lowest BCUT2D eigenvalue weighted by molar-refractivity contribution is -0.110. The van der Waals surface area contributed by atoms with Crippen molar-refractivity contribution < 1.29 is 14.3 Å². The predicted octanol–water partition coefficient (Wildman–Crippen LogP) is 4.07. The van der Waals surface area contributed by atoms with Crippen molar-refractivity contribution in [3.8, 4) is 5.75 Å². The van der Waals surface area contributed by atoms with Crippen molar-refractivity contribution >= 4 is 68.7 Å². The Balaban J connectivity index is 1.42. The average Bonchev–Trinajstić information content (AvgIpc) is 3.29. The first-order valence-corrected chi connectivity index (χ1v) is 10.7. The number of aromatic nitrogens is 1. The van der Waals surface area contributed by atoms with Crippen molar-refractivity contribution in [2.24, 2.45) is 5.10 Å². The number of para-hydroxylation sites is 1. The summed E-state index contributed by atoms with van der Waals surface area (Å²) in [4.78, 5) is 28.7. The molecule has 2 aromatic carbocycles.